The monoisotopic (exact) mass is 261 g/mol. The fourth-order valence-electron chi connectivity index (χ4n) is 2.18. The van der Waals surface area contributed by atoms with Crippen LogP contribution in [-0.4, -0.2) is 28.3 Å². The first-order valence-corrected chi connectivity index (χ1v) is 7.24. The van der Waals surface area contributed by atoms with Crippen LogP contribution in [0.4, 0.5) is 11.8 Å². The van der Waals surface area contributed by atoms with Crippen molar-refractivity contribution in [3.63, 3.8) is 0 Å². The van der Waals surface area contributed by atoms with Gasteiger partial charge in [-0.3, -0.25) is 0 Å². The molecule has 1 heterocycles. The minimum atomic E-state index is 0.609. The van der Waals surface area contributed by atoms with E-state index in [0.29, 0.717) is 5.95 Å². The molecule has 0 unspecified atom stereocenters. The molecule has 5 nitrogen and oxygen atoms in total. The average molecular weight is 261 g/mol. The summed E-state index contributed by atoms with van der Waals surface area (Å²) in [6.45, 7) is 3.91. The first-order chi connectivity index (χ1) is 9.38. The van der Waals surface area contributed by atoms with E-state index in [1.54, 1.807) is 11.8 Å². The highest BCUT2D eigenvalue weighted by Gasteiger charge is 2.04. The van der Waals surface area contributed by atoms with Gasteiger partial charge in [0, 0.05) is 13.1 Å². The van der Waals surface area contributed by atoms with Crippen molar-refractivity contribution >= 4 is 11.8 Å². The van der Waals surface area contributed by atoms with E-state index in [1.807, 2.05) is 0 Å². The fraction of sp³-hybridized carbons (Fsp3) is 0.643. The van der Waals surface area contributed by atoms with Crippen molar-refractivity contribution in [3.8, 4) is 0 Å². The van der Waals surface area contributed by atoms with Gasteiger partial charge in [0.15, 0.2) is 0 Å². The third-order valence-corrected chi connectivity index (χ3v) is 3.23. The van der Waals surface area contributed by atoms with E-state index in [-0.39, 0.29) is 0 Å². The smallest absolute Gasteiger partial charge is 0.244 e. The van der Waals surface area contributed by atoms with Crippen molar-refractivity contribution in [2.45, 2.75) is 45.4 Å². The Hall–Kier alpha value is -1.65. The molecular weight excluding hydrogens is 238 g/mol. The number of aromatic nitrogens is 3. The minimum absolute atomic E-state index is 0.609. The second kappa shape index (κ2) is 7.71. The molecular formula is C14H23N5. The number of allylic oxidation sites excluding steroid dienone is 1. The number of nitrogens with zero attached hydrogens (tertiary/aromatic N) is 3. The predicted octanol–water partition coefficient (Wildman–Crippen LogP) is 3.00. The average Bonchev–Trinajstić information content (AvgIpc) is 2.47. The van der Waals surface area contributed by atoms with Gasteiger partial charge in [0.25, 0.3) is 0 Å². The van der Waals surface area contributed by atoms with E-state index in [2.05, 4.69) is 38.8 Å². The van der Waals surface area contributed by atoms with Gasteiger partial charge in [-0.15, -0.1) is 5.10 Å². The summed E-state index contributed by atoms with van der Waals surface area (Å²) in [7, 11) is 0. The first-order valence-electron chi connectivity index (χ1n) is 7.24. The molecule has 2 rings (SSSR count). The summed E-state index contributed by atoms with van der Waals surface area (Å²) in [5, 5.41) is 14.4. The normalized spacial score (nSPS) is 14.9. The Labute approximate surface area is 114 Å². The van der Waals surface area contributed by atoms with Crippen LogP contribution < -0.4 is 10.6 Å². The lowest BCUT2D eigenvalue weighted by Gasteiger charge is -2.12. The Kier molecular flexibility index (Phi) is 5.59. The number of nitrogens with one attached hydrogen (secondary N) is 2. The van der Waals surface area contributed by atoms with Gasteiger partial charge in [-0.25, -0.2) is 0 Å². The molecule has 2 N–H and O–H groups in total. The van der Waals surface area contributed by atoms with E-state index in [1.165, 1.54) is 25.7 Å². The van der Waals surface area contributed by atoms with Crippen LogP contribution in [0.5, 0.6) is 0 Å². The van der Waals surface area contributed by atoms with Gasteiger partial charge >= 0.3 is 0 Å². The van der Waals surface area contributed by atoms with Crippen LogP contribution in [0.3, 0.4) is 0 Å². The molecule has 0 amide bonds. The molecule has 0 aliphatic heterocycles. The molecule has 19 heavy (non-hydrogen) atoms. The summed E-state index contributed by atoms with van der Waals surface area (Å²) in [6, 6.07) is 0. The maximum Gasteiger partial charge on any atom is 0.244 e. The van der Waals surface area contributed by atoms with E-state index in [4.69, 9.17) is 0 Å². The van der Waals surface area contributed by atoms with Gasteiger partial charge < -0.3 is 10.6 Å². The Morgan fingerprint density at radius 2 is 2.16 bits per heavy atom. The fourth-order valence-corrected chi connectivity index (χ4v) is 2.18. The third-order valence-electron chi connectivity index (χ3n) is 3.23. The predicted molar refractivity (Wildman–Crippen MR) is 78.3 cm³/mol. The molecule has 0 radical (unpaired) electrons. The Bertz CT molecular complexity index is 416. The molecule has 1 aromatic rings. The summed E-state index contributed by atoms with van der Waals surface area (Å²) >= 11 is 0. The number of rotatable bonds is 7. The maximum absolute atomic E-state index is 4.38. The second-order valence-electron chi connectivity index (χ2n) is 4.88. The third kappa shape index (κ3) is 4.85. The lowest BCUT2D eigenvalue weighted by molar-refractivity contribution is 0.678. The molecule has 0 fully saturated rings. The quantitative estimate of drug-likeness (QED) is 0.739. The van der Waals surface area contributed by atoms with Gasteiger partial charge in [-0.05, 0) is 38.5 Å². The van der Waals surface area contributed by atoms with Crippen LogP contribution in [-0.2, 0) is 0 Å². The van der Waals surface area contributed by atoms with Crippen LogP contribution in [0.1, 0.15) is 45.4 Å². The van der Waals surface area contributed by atoms with Crippen molar-refractivity contribution in [2.75, 3.05) is 23.7 Å². The lowest BCUT2D eigenvalue weighted by atomic mass is 9.97. The molecule has 0 bridgehead atoms. The van der Waals surface area contributed by atoms with Gasteiger partial charge in [-0.2, -0.15) is 10.1 Å². The Morgan fingerprint density at radius 3 is 2.95 bits per heavy atom. The second-order valence-corrected chi connectivity index (χ2v) is 4.88. The molecule has 0 atom stereocenters. The van der Waals surface area contributed by atoms with Crippen molar-refractivity contribution in [2.24, 2.45) is 0 Å². The molecule has 1 aromatic heterocycles. The van der Waals surface area contributed by atoms with Crippen molar-refractivity contribution in [3.05, 3.63) is 17.8 Å². The summed E-state index contributed by atoms with van der Waals surface area (Å²) in [5.41, 5.74) is 1.56. The highest BCUT2D eigenvalue weighted by atomic mass is 15.3. The van der Waals surface area contributed by atoms with Gasteiger partial charge in [0.1, 0.15) is 5.82 Å². The molecule has 0 saturated heterocycles. The highest BCUT2D eigenvalue weighted by molar-refractivity contribution is 5.36. The van der Waals surface area contributed by atoms with Crippen molar-refractivity contribution in [1.82, 2.24) is 15.2 Å². The largest absolute Gasteiger partial charge is 0.369 e. The summed E-state index contributed by atoms with van der Waals surface area (Å²) in [4.78, 5) is 4.38. The highest BCUT2D eigenvalue weighted by Crippen LogP contribution is 2.19. The van der Waals surface area contributed by atoms with Crippen molar-refractivity contribution < 1.29 is 0 Å². The SMILES string of the molecule is CCCNc1cnnc(NCCC2=CCCCC2)n1. The summed E-state index contributed by atoms with van der Waals surface area (Å²) < 4.78 is 0. The van der Waals surface area contributed by atoms with E-state index >= 15 is 0 Å². The number of anilines is 2. The number of hydrogen-bond donors (Lipinski definition) is 2. The van der Waals surface area contributed by atoms with E-state index in [0.717, 1.165) is 31.7 Å². The zero-order chi connectivity index (χ0) is 13.3. The van der Waals surface area contributed by atoms with Crippen molar-refractivity contribution in [1.29, 1.82) is 0 Å². The molecule has 1 aliphatic carbocycles. The number of hydrogen-bond acceptors (Lipinski definition) is 5. The Morgan fingerprint density at radius 1 is 1.21 bits per heavy atom. The summed E-state index contributed by atoms with van der Waals surface area (Å²) in [6.07, 6.45) is 11.4. The molecule has 5 heteroatoms. The van der Waals surface area contributed by atoms with Gasteiger partial charge in [-0.1, -0.05) is 18.6 Å². The van der Waals surface area contributed by atoms with Crippen LogP contribution in [0.2, 0.25) is 0 Å². The van der Waals surface area contributed by atoms with Crippen LogP contribution in [0.15, 0.2) is 17.8 Å². The van der Waals surface area contributed by atoms with E-state index < -0.39 is 0 Å². The lowest BCUT2D eigenvalue weighted by Crippen LogP contribution is -2.10. The molecule has 0 aromatic carbocycles. The van der Waals surface area contributed by atoms with Crippen LogP contribution in [0.25, 0.3) is 0 Å². The summed E-state index contributed by atoms with van der Waals surface area (Å²) in [5.74, 6) is 1.40. The maximum atomic E-state index is 4.38. The Balaban J connectivity index is 1.77. The van der Waals surface area contributed by atoms with E-state index in [9.17, 15) is 0 Å². The van der Waals surface area contributed by atoms with Crippen LogP contribution in [0, 0.1) is 0 Å². The van der Waals surface area contributed by atoms with Crippen LogP contribution >= 0.6 is 0 Å². The van der Waals surface area contributed by atoms with Gasteiger partial charge in [0.2, 0.25) is 5.95 Å². The first kappa shape index (κ1) is 13.8. The molecule has 0 spiro atoms. The minimum Gasteiger partial charge on any atom is -0.369 e. The molecule has 1 aliphatic rings. The molecule has 0 saturated carbocycles. The zero-order valence-corrected chi connectivity index (χ0v) is 11.7. The zero-order valence-electron chi connectivity index (χ0n) is 11.7. The van der Waals surface area contributed by atoms with Gasteiger partial charge in [0.05, 0.1) is 6.20 Å². The topological polar surface area (TPSA) is 62.7 Å². The standard InChI is InChI=1S/C14H23N5/c1-2-9-15-13-11-17-19-14(18-13)16-10-8-12-6-4-3-5-7-12/h6,11H,2-5,7-10H2,1H3,(H2,15,16,18,19). The molecule has 104 valence electrons.